The van der Waals surface area contributed by atoms with E-state index in [1.54, 1.807) is 0 Å². The van der Waals surface area contributed by atoms with E-state index < -0.39 is 0 Å². The Hall–Kier alpha value is -6.78. The van der Waals surface area contributed by atoms with Crippen LogP contribution in [0.3, 0.4) is 0 Å². The van der Waals surface area contributed by atoms with Gasteiger partial charge in [0.25, 0.3) is 0 Å². The molecule has 268 valence electrons. The second kappa shape index (κ2) is 14.1. The number of fused-ring (bicyclic) bond motifs is 7. The minimum atomic E-state index is 1.11. The number of hydrogen-bond acceptors (Lipinski definition) is 3. The minimum absolute atomic E-state index is 1.11. The first kappa shape index (κ1) is 33.5. The Labute approximate surface area is 340 Å². The Morgan fingerprint density at radius 3 is 1.28 bits per heavy atom. The van der Waals surface area contributed by atoms with Crippen LogP contribution in [0.4, 0.5) is 17.1 Å². The summed E-state index contributed by atoms with van der Waals surface area (Å²) in [5, 5.41) is 5.41. The Kier molecular flexibility index (Phi) is 8.28. The molecule has 0 aliphatic carbocycles. The first-order valence-electron chi connectivity index (χ1n) is 19.3. The van der Waals surface area contributed by atoms with E-state index in [1.165, 1.54) is 84.9 Å². The molecule has 11 aromatic rings. The number of anilines is 3. The largest absolute Gasteiger partial charge is 0.311 e. The summed E-state index contributed by atoms with van der Waals surface area (Å²) in [7, 11) is 0. The summed E-state index contributed by atoms with van der Waals surface area (Å²) in [6, 6.07) is 77.3. The van der Waals surface area contributed by atoms with Gasteiger partial charge in [-0.2, -0.15) is 0 Å². The summed E-state index contributed by atoms with van der Waals surface area (Å²) in [5.74, 6) is 0. The molecule has 0 N–H and O–H groups in total. The van der Waals surface area contributed by atoms with E-state index in [4.69, 9.17) is 0 Å². The second-order valence-electron chi connectivity index (χ2n) is 14.5. The number of hydrogen-bond donors (Lipinski definition) is 0. The van der Waals surface area contributed by atoms with Gasteiger partial charge >= 0.3 is 0 Å². The molecule has 2 heterocycles. The molecule has 0 spiro atoms. The van der Waals surface area contributed by atoms with E-state index in [9.17, 15) is 0 Å². The molecule has 0 amide bonds. The molecule has 2 aromatic heterocycles. The molecule has 0 radical (unpaired) electrons. The molecule has 3 heteroatoms. The van der Waals surface area contributed by atoms with E-state index in [2.05, 4.69) is 217 Å². The van der Waals surface area contributed by atoms with E-state index >= 15 is 0 Å². The third-order valence-corrected chi connectivity index (χ3v) is 13.4. The number of benzene rings is 9. The lowest BCUT2D eigenvalue weighted by molar-refractivity contribution is 1.28. The number of thiophene rings is 2. The van der Waals surface area contributed by atoms with Crippen LogP contribution in [-0.4, -0.2) is 0 Å². The standard InChI is InChI=1S/C54H35NS2/c1-4-12-36(13-5-1)38-20-26-42(27-21-38)55(43-28-22-39(23-29-43)37-14-6-2-7-15-37)44-30-24-41(25-31-44)51-45(40-16-8-3-9-17-40)32-33-47-53-50(57-54(47)51)35-34-49-52(53)46-18-10-11-19-48(46)56-49/h1-35H. The molecule has 11 rings (SSSR count). The van der Waals surface area contributed by atoms with E-state index in [-0.39, 0.29) is 0 Å². The molecule has 0 atom stereocenters. The van der Waals surface area contributed by atoms with Crippen LogP contribution >= 0.6 is 22.7 Å². The summed E-state index contributed by atoms with van der Waals surface area (Å²) in [6.45, 7) is 0. The van der Waals surface area contributed by atoms with Gasteiger partial charge in [-0.15, -0.1) is 22.7 Å². The Morgan fingerprint density at radius 2 is 0.719 bits per heavy atom. The van der Waals surface area contributed by atoms with Crippen LogP contribution in [-0.2, 0) is 0 Å². The molecule has 0 unspecified atom stereocenters. The zero-order valence-electron chi connectivity index (χ0n) is 31.0. The first-order valence-corrected chi connectivity index (χ1v) is 21.0. The van der Waals surface area contributed by atoms with Crippen molar-refractivity contribution < 1.29 is 0 Å². The highest BCUT2D eigenvalue weighted by Crippen LogP contribution is 2.49. The van der Waals surface area contributed by atoms with Gasteiger partial charge in [0.05, 0.1) is 0 Å². The van der Waals surface area contributed by atoms with Gasteiger partial charge in [-0.05, 0) is 93.5 Å². The fraction of sp³-hybridized carbons (Fsp3) is 0. The van der Waals surface area contributed by atoms with Crippen LogP contribution in [0.15, 0.2) is 212 Å². The highest BCUT2D eigenvalue weighted by Gasteiger charge is 2.20. The van der Waals surface area contributed by atoms with Gasteiger partial charge in [-0.1, -0.05) is 158 Å². The molecule has 57 heavy (non-hydrogen) atoms. The van der Waals surface area contributed by atoms with Gasteiger partial charge in [0.2, 0.25) is 0 Å². The van der Waals surface area contributed by atoms with Crippen molar-refractivity contribution in [1.29, 1.82) is 0 Å². The summed E-state index contributed by atoms with van der Waals surface area (Å²) in [5.41, 5.74) is 13.1. The molecule has 0 aliphatic heterocycles. The Bertz CT molecular complexity index is 3100. The third kappa shape index (κ3) is 5.91. The van der Waals surface area contributed by atoms with Crippen LogP contribution in [0.2, 0.25) is 0 Å². The minimum Gasteiger partial charge on any atom is -0.311 e. The average molecular weight is 762 g/mol. The first-order chi connectivity index (χ1) is 28.3. The maximum atomic E-state index is 2.36. The van der Waals surface area contributed by atoms with Crippen LogP contribution in [0.1, 0.15) is 0 Å². The van der Waals surface area contributed by atoms with Crippen LogP contribution in [0, 0.1) is 0 Å². The second-order valence-corrected chi connectivity index (χ2v) is 16.6. The molecule has 0 saturated carbocycles. The molecule has 0 bridgehead atoms. The van der Waals surface area contributed by atoms with Gasteiger partial charge < -0.3 is 4.90 Å². The van der Waals surface area contributed by atoms with Gasteiger partial charge in [-0.25, -0.2) is 0 Å². The molecular weight excluding hydrogens is 727 g/mol. The lowest BCUT2D eigenvalue weighted by Gasteiger charge is -2.26. The van der Waals surface area contributed by atoms with Crippen LogP contribution < -0.4 is 4.90 Å². The van der Waals surface area contributed by atoms with E-state index in [0.717, 1.165) is 17.1 Å². The normalized spacial score (nSPS) is 11.5. The van der Waals surface area contributed by atoms with Crippen LogP contribution in [0.25, 0.3) is 84.9 Å². The Balaban J connectivity index is 1.07. The quantitative estimate of drug-likeness (QED) is 0.156. The molecule has 1 nitrogen and oxygen atoms in total. The van der Waals surface area contributed by atoms with Gasteiger partial charge in [0.15, 0.2) is 0 Å². The Morgan fingerprint density at radius 1 is 0.281 bits per heavy atom. The SMILES string of the molecule is c1ccc(-c2ccc(N(c3ccc(-c4ccccc4)cc3)c3ccc(-c4c(-c5ccccc5)ccc5c4sc4ccc6sc7ccccc7c6c45)cc3)cc2)cc1. The van der Waals surface area contributed by atoms with Crippen molar-refractivity contribution in [2.24, 2.45) is 0 Å². The topological polar surface area (TPSA) is 3.24 Å². The fourth-order valence-electron chi connectivity index (χ4n) is 8.38. The number of rotatable bonds is 7. The summed E-state index contributed by atoms with van der Waals surface area (Å²) in [4.78, 5) is 2.36. The lowest BCUT2D eigenvalue weighted by atomic mass is 9.92. The zero-order chi connectivity index (χ0) is 37.7. The highest BCUT2D eigenvalue weighted by atomic mass is 32.1. The van der Waals surface area contributed by atoms with Crippen LogP contribution in [0.5, 0.6) is 0 Å². The van der Waals surface area contributed by atoms with Crippen molar-refractivity contribution in [1.82, 2.24) is 0 Å². The van der Waals surface area contributed by atoms with Gasteiger partial charge in [-0.3, -0.25) is 0 Å². The van der Waals surface area contributed by atoms with Crippen molar-refractivity contribution in [3.05, 3.63) is 212 Å². The zero-order valence-corrected chi connectivity index (χ0v) is 32.6. The lowest BCUT2D eigenvalue weighted by Crippen LogP contribution is -2.09. The van der Waals surface area contributed by atoms with Crippen molar-refractivity contribution >= 4 is 80.1 Å². The molecule has 9 aromatic carbocycles. The highest BCUT2D eigenvalue weighted by molar-refractivity contribution is 7.28. The smallest absolute Gasteiger partial charge is 0.0462 e. The molecule has 0 aliphatic rings. The summed E-state index contributed by atoms with van der Waals surface area (Å²) < 4.78 is 5.33. The van der Waals surface area contributed by atoms with Crippen molar-refractivity contribution in [2.75, 3.05) is 4.90 Å². The average Bonchev–Trinajstić information content (AvgIpc) is 3.86. The molecular formula is C54H35NS2. The maximum Gasteiger partial charge on any atom is 0.0462 e. The monoisotopic (exact) mass is 761 g/mol. The summed E-state index contributed by atoms with van der Waals surface area (Å²) in [6.07, 6.45) is 0. The van der Waals surface area contributed by atoms with E-state index in [1.807, 2.05) is 22.7 Å². The maximum absolute atomic E-state index is 2.36. The van der Waals surface area contributed by atoms with Gasteiger partial charge in [0.1, 0.15) is 0 Å². The van der Waals surface area contributed by atoms with E-state index in [0.29, 0.717) is 0 Å². The van der Waals surface area contributed by atoms with Gasteiger partial charge in [0, 0.05) is 63.0 Å². The molecule has 0 fully saturated rings. The van der Waals surface area contributed by atoms with Crippen molar-refractivity contribution in [3.63, 3.8) is 0 Å². The van der Waals surface area contributed by atoms with Crippen molar-refractivity contribution in [3.8, 4) is 44.5 Å². The predicted octanol–water partition coefficient (Wildman–Crippen LogP) is 16.6. The third-order valence-electron chi connectivity index (χ3n) is 11.1. The summed E-state index contributed by atoms with van der Waals surface area (Å²) >= 11 is 3.80. The predicted molar refractivity (Wildman–Crippen MR) is 249 cm³/mol. The number of nitrogens with zero attached hydrogens (tertiary/aromatic N) is 1. The van der Waals surface area contributed by atoms with Crippen molar-refractivity contribution in [2.45, 2.75) is 0 Å². The molecule has 0 saturated heterocycles. The fourth-order valence-corrected chi connectivity index (χ4v) is 10.8.